The molecule has 0 aliphatic heterocycles. The Morgan fingerprint density at radius 1 is 1.00 bits per heavy atom. The first kappa shape index (κ1) is 12.4. The first-order chi connectivity index (χ1) is 8.79. The van der Waals surface area contributed by atoms with E-state index in [1.54, 1.807) is 0 Å². The summed E-state index contributed by atoms with van der Waals surface area (Å²) in [6.07, 6.45) is 3.19. The average molecular weight is 237 g/mol. The number of aryl methyl sites for hydroxylation is 1. The third kappa shape index (κ3) is 3.24. The monoisotopic (exact) mass is 237 g/mol. The topological polar surface area (TPSA) is 12.0 Å². The van der Waals surface area contributed by atoms with Crippen molar-refractivity contribution >= 4 is 5.70 Å². The molecule has 0 aromatic heterocycles. The standard InChI is InChI=1S/C17H19N/c1-14-8-11-16(12-9-14)17(18-2)13-10-15-6-4-3-5-7-15/h3-9,11-13,18H,10H2,1-2H3/b17-13-. The molecule has 0 spiro atoms. The summed E-state index contributed by atoms with van der Waals surface area (Å²) in [5.74, 6) is 0. The van der Waals surface area contributed by atoms with Crippen LogP contribution in [0.4, 0.5) is 0 Å². The van der Waals surface area contributed by atoms with E-state index in [-0.39, 0.29) is 0 Å². The molecule has 0 heterocycles. The zero-order chi connectivity index (χ0) is 12.8. The van der Waals surface area contributed by atoms with E-state index < -0.39 is 0 Å². The Balaban J connectivity index is 2.16. The molecule has 1 nitrogen and oxygen atoms in total. The van der Waals surface area contributed by atoms with Crippen molar-refractivity contribution < 1.29 is 0 Å². The van der Waals surface area contributed by atoms with Crippen LogP contribution >= 0.6 is 0 Å². The van der Waals surface area contributed by atoms with Crippen LogP contribution in [0.15, 0.2) is 60.7 Å². The van der Waals surface area contributed by atoms with Crippen molar-refractivity contribution in [3.63, 3.8) is 0 Å². The van der Waals surface area contributed by atoms with Crippen molar-refractivity contribution in [1.29, 1.82) is 0 Å². The highest BCUT2D eigenvalue weighted by atomic mass is 14.8. The normalized spacial score (nSPS) is 11.3. The van der Waals surface area contributed by atoms with Crippen LogP contribution in [0, 0.1) is 6.92 Å². The molecule has 0 bridgehead atoms. The Kier molecular flexibility index (Phi) is 4.19. The Bertz CT molecular complexity index is 509. The molecule has 18 heavy (non-hydrogen) atoms. The fourth-order valence-electron chi connectivity index (χ4n) is 1.93. The summed E-state index contributed by atoms with van der Waals surface area (Å²) in [7, 11) is 1.97. The fraction of sp³-hybridized carbons (Fsp3) is 0.176. The lowest BCUT2D eigenvalue weighted by Gasteiger charge is -2.08. The van der Waals surface area contributed by atoms with Gasteiger partial charge in [-0.25, -0.2) is 0 Å². The number of rotatable bonds is 4. The smallest absolute Gasteiger partial charge is 0.0374 e. The second-order valence-corrected chi connectivity index (χ2v) is 4.42. The molecule has 0 aliphatic rings. The van der Waals surface area contributed by atoms with Crippen LogP contribution in [0.5, 0.6) is 0 Å². The lowest BCUT2D eigenvalue weighted by molar-refractivity contribution is 1.10. The molecule has 2 aromatic rings. The van der Waals surface area contributed by atoms with Crippen molar-refractivity contribution in [2.24, 2.45) is 0 Å². The number of nitrogens with one attached hydrogen (secondary N) is 1. The van der Waals surface area contributed by atoms with Crippen molar-refractivity contribution in [2.45, 2.75) is 13.3 Å². The van der Waals surface area contributed by atoms with Crippen LogP contribution in [0.3, 0.4) is 0 Å². The molecule has 0 saturated heterocycles. The van der Waals surface area contributed by atoms with Crippen molar-refractivity contribution in [2.75, 3.05) is 7.05 Å². The first-order valence-electron chi connectivity index (χ1n) is 6.28. The highest BCUT2D eigenvalue weighted by molar-refractivity contribution is 5.64. The maximum absolute atomic E-state index is 3.27. The number of hydrogen-bond acceptors (Lipinski definition) is 1. The minimum absolute atomic E-state index is 0.949. The zero-order valence-electron chi connectivity index (χ0n) is 11.0. The summed E-state index contributed by atoms with van der Waals surface area (Å²) >= 11 is 0. The molecular formula is C17H19N. The maximum atomic E-state index is 3.27. The zero-order valence-corrected chi connectivity index (χ0v) is 11.0. The third-order valence-electron chi connectivity index (χ3n) is 3.02. The van der Waals surface area contributed by atoms with E-state index in [1.807, 2.05) is 13.1 Å². The fourth-order valence-corrected chi connectivity index (χ4v) is 1.93. The first-order valence-corrected chi connectivity index (χ1v) is 6.28. The van der Waals surface area contributed by atoms with Gasteiger partial charge in [-0.2, -0.15) is 0 Å². The van der Waals surface area contributed by atoms with Gasteiger partial charge in [0.2, 0.25) is 0 Å². The highest BCUT2D eigenvalue weighted by Crippen LogP contribution is 2.13. The van der Waals surface area contributed by atoms with E-state index in [1.165, 1.54) is 22.4 Å². The Morgan fingerprint density at radius 3 is 2.28 bits per heavy atom. The summed E-state index contributed by atoms with van der Waals surface area (Å²) in [4.78, 5) is 0. The molecule has 92 valence electrons. The van der Waals surface area contributed by atoms with Gasteiger partial charge >= 0.3 is 0 Å². The predicted molar refractivity (Wildman–Crippen MR) is 78.4 cm³/mol. The maximum Gasteiger partial charge on any atom is 0.0374 e. The molecule has 0 unspecified atom stereocenters. The van der Waals surface area contributed by atoms with E-state index in [0.717, 1.165) is 6.42 Å². The van der Waals surface area contributed by atoms with Crippen molar-refractivity contribution in [1.82, 2.24) is 5.32 Å². The summed E-state index contributed by atoms with van der Waals surface area (Å²) in [6.45, 7) is 2.11. The summed E-state index contributed by atoms with van der Waals surface area (Å²) in [5.41, 5.74) is 5.03. The molecular weight excluding hydrogens is 218 g/mol. The van der Waals surface area contributed by atoms with Gasteiger partial charge in [-0.05, 0) is 24.5 Å². The Hall–Kier alpha value is -2.02. The van der Waals surface area contributed by atoms with Gasteiger partial charge in [0.1, 0.15) is 0 Å². The van der Waals surface area contributed by atoms with Crippen molar-refractivity contribution in [3.05, 3.63) is 77.4 Å². The molecule has 0 radical (unpaired) electrons. The number of hydrogen-bond donors (Lipinski definition) is 1. The van der Waals surface area contributed by atoms with Gasteiger partial charge in [-0.1, -0.05) is 66.2 Å². The van der Waals surface area contributed by atoms with Gasteiger partial charge < -0.3 is 5.32 Å². The molecule has 0 amide bonds. The summed E-state index contributed by atoms with van der Waals surface area (Å²) < 4.78 is 0. The van der Waals surface area contributed by atoms with Crippen molar-refractivity contribution in [3.8, 4) is 0 Å². The van der Waals surface area contributed by atoms with E-state index in [9.17, 15) is 0 Å². The van der Waals surface area contributed by atoms with Gasteiger partial charge in [0.05, 0.1) is 0 Å². The molecule has 1 heteroatoms. The SMILES string of the molecule is CN/C(=C\Cc1ccccc1)c1ccc(C)cc1. The molecule has 0 aliphatic carbocycles. The Morgan fingerprint density at radius 2 is 1.67 bits per heavy atom. The summed E-state index contributed by atoms with van der Waals surface area (Å²) in [5, 5.41) is 3.27. The van der Waals surface area contributed by atoms with E-state index in [4.69, 9.17) is 0 Å². The molecule has 2 aromatic carbocycles. The number of benzene rings is 2. The van der Waals surface area contributed by atoms with Crippen LogP contribution in [0.25, 0.3) is 5.70 Å². The molecule has 2 rings (SSSR count). The summed E-state index contributed by atoms with van der Waals surface area (Å²) in [6, 6.07) is 19.1. The largest absolute Gasteiger partial charge is 0.388 e. The second kappa shape index (κ2) is 6.06. The third-order valence-corrected chi connectivity index (χ3v) is 3.02. The van der Waals surface area contributed by atoms with Gasteiger partial charge in [0.15, 0.2) is 0 Å². The molecule has 1 N–H and O–H groups in total. The molecule has 0 saturated carbocycles. The van der Waals surface area contributed by atoms with Gasteiger partial charge in [0.25, 0.3) is 0 Å². The minimum Gasteiger partial charge on any atom is -0.388 e. The predicted octanol–water partition coefficient (Wildman–Crippen LogP) is 3.80. The van der Waals surface area contributed by atoms with E-state index in [0.29, 0.717) is 0 Å². The van der Waals surface area contributed by atoms with Crippen LogP contribution in [0.1, 0.15) is 16.7 Å². The van der Waals surface area contributed by atoms with Crippen LogP contribution in [-0.2, 0) is 6.42 Å². The second-order valence-electron chi connectivity index (χ2n) is 4.42. The quantitative estimate of drug-likeness (QED) is 0.853. The molecule has 0 atom stereocenters. The van der Waals surface area contributed by atoms with Gasteiger partial charge in [-0.3, -0.25) is 0 Å². The van der Waals surface area contributed by atoms with Crippen LogP contribution in [0.2, 0.25) is 0 Å². The lowest BCUT2D eigenvalue weighted by Crippen LogP contribution is -2.05. The van der Waals surface area contributed by atoms with Crippen LogP contribution in [-0.4, -0.2) is 7.05 Å². The van der Waals surface area contributed by atoms with Crippen LogP contribution < -0.4 is 5.32 Å². The van der Waals surface area contributed by atoms with E-state index in [2.05, 4.69) is 66.8 Å². The molecule has 0 fully saturated rings. The van der Waals surface area contributed by atoms with Gasteiger partial charge in [-0.15, -0.1) is 0 Å². The average Bonchev–Trinajstić information content (AvgIpc) is 2.42. The van der Waals surface area contributed by atoms with Gasteiger partial charge in [0, 0.05) is 12.7 Å². The lowest BCUT2D eigenvalue weighted by atomic mass is 10.1. The highest BCUT2D eigenvalue weighted by Gasteiger charge is 1.98. The number of allylic oxidation sites excluding steroid dienone is 1. The Labute approximate surface area is 109 Å². The van der Waals surface area contributed by atoms with E-state index >= 15 is 0 Å². The minimum atomic E-state index is 0.949.